The number of hydrogen-bond acceptors (Lipinski definition) is 7. The number of aromatic nitrogens is 2. The molecule has 8 nitrogen and oxygen atoms in total. The number of carbonyl (C=O) groups is 1. The van der Waals surface area contributed by atoms with Crippen LogP contribution in [0.15, 0.2) is 35.7 Å². The Morgan fingerprint density at radius 3 is 2.65 bits per heavy atom. The number of amides is 1. The molecule has 0 bridgehead atoms. The molecule has 2 aromatic rings. The van der Waals surface area contributed by atoms with E-state index in [1.54, 1.807) is 0 Å². The summed E-state index contributed by atoms with van der Waals surface area (Å²) in [6.45, 7) is 6.53. The van der Waals surface area contributed by atoms with Gasteiger partial charge in [0, 0.05) is 26.1 Å². The van der Waals surface area contributed by atoms with Crippen molar-refractivity contribution in [3.05, 3.63) is 47.3 Å². The molecule has 1 fully saturated rings. The maximum Gasteiger partial charge on any atom is 0.220 e. The third-order valence-electron chi connectivity index (χ3n) is 5.71. The summed E-state index contributed by atoms with van der Waals surface area (Å²) in [4.78, 5) is 27.8. The van der Waals surface area contributed by atoms with Gasteiger partial charge in [-0.25, -0.2) is 9.97 Å². The number of anilines is 2. The van der Waals surface area contributed by atoms with Gasteiger partial charge in [0.05, 0.1) is 11.8 Å². The minimum absolute atomic E-state index is 0.102. The van der Waals surface area contributed by atoms with Crippen molar-refractivity contribution in [3.63, 3.8) is 0 Å². The normalized spacial score (nSPS) is 14.9. The van der Waals surface area contributed by atoms with E-state index in [1.165, 1.54) is 25.2 Å². The topological polar surface area (TPSA) is 106 Å². The van der Waals surface area contributed by atoms with Gasteiger partial charge in [-0.05, 0) is 35.8 Å². The Morgan fingerprint density at radius 1 is 1.29 bits per heavy atom. The number of nitrogens with two attached hydrogens (primary N) is 1. The number of benzene rings is 1. The van der Waals surface area contributed by atoms with E-state index in [0.29, 0.717) is 36.2 Å². The van der Waals surface area contributed by atoms with E-state index < -0.39 is 0 Å². The van der Waals surface area contributed by atoms with E-state index in [4.69, 9.17) is 10.6 Å². The average Bonchev–Trinajstić information content (AvgIpc) is 2.77. The minimum Gasteiger partial charge on any atom is -0.399 e. The average molecular weight is 425 g/mol. The van der Waals surface area contributed by atoms with Gasteiger partial charge in [0.2, 0.25) is 5.91 Å². The molecule has 0 aliphatic carbocycles. The molecule has 0 unspecified atom stereocenters. The van der Waals surface area contributed by atoms with Crippen LogP contribution in [0, 0.1) is 5.92 Å². The van der Waals surface area contributed by atoms with Crippen molar-refractivity contribution in [1.82, 2.24) is 15.3 Å². The van der Waals surface area contributed by atoms with Gasteiger partial charge in [-0.15, -0.1) is 0 Å². The summed E-state index contributed by atoms with van der Waals surface area (Å²) in [7, 11) is 1.48. The lowest BCUT2D eigenvalue weighted by Gasteiger charge is -2.33. The molecule has 166 valence electrons. The summed E-state index contributed by atoms with van der Waals surface area (Å²) in [5.41, 5.74) is 9.08. The Morgan fingerprint density at radius 2 is 2.00 bits per heavy atom. The van der Waals surface area contributed by atoms with Gasteiger partial charge in [0.15, 0.2) is 0 Å². The zero-order chi connectivity index (χ0) is 22.2. The first kappa shape index (κ1) is 22.5. The molecule has 31 heavy (non-hydrogen) atoms. The first-order chi connectivity index (χ1) is 15.0. The second-order valence-corrected chi connectivity index (χ2v) is 8.22. The van der Waals surface area contributed by atoms with Crippen molar-refractivity contribution in [2.45, 2.75) is 45.6 Å². The highest BCUT2D eigenvalue weighted by molar-refractivity contribution is 5.91. The number of piperidine rings is 1. The van der Waals surface area contributed by atoms with Crippen LogP contribution in [-0.2, 0) is 16.2 Å². The fraction of sp³-hybridized carbons (Fsp3) is 0.478. The molecule has 3 N–H and O–H groups in total. The molecule has 2 heterocycles. The van der Waals surface area contributed by atoms with Gasteiger partial charge >= 0.3 is 0 Å². The predicted octanol–water partition coefficient (Wildman–Crippen LogP) is 3.09. The molecule has 0 spiro atoms. The molecule has 1 amide bonds. The molecule has 1 aromatic heterocycles. The lowest BCUT2D eigenvalue weighted by molar-refractivity contribution is -0.122. The van der Waals surface area contributed by atoms with E-state index in [9.17, 15) is 4.79 Å². The van der Waals surface area contributed by atoms with E-state index in [0.717, 1.165) is 37.3 Å². The van der Waals surface area contributed by atoms with Gasteiger partial charge < -0.3 is 20.8 Å². The highest BCUT2D eigenvalue weighted by atomic mass is 16.6. The summed E-state index contributed by atoms with van der Waals surface area (Å²) in [6, 6.07) is 8.44. The Hall–Kier alpha value is -3.16. The van der Waals surface area contributed by atoms with Crippen molar-refractivity contribution in [2.24, 2.45) is 11.1 Å². The molecule has 1 aliphatic heterocycles. The quantitative estimate of drug-likeness (QED) is 0.498. The Bertz CT molecular complexity index is 889. The summed E-state index contributed by atoms with van der Waals surface area (Å²) < 4.78 is 0. The van der Waals surface area contributed by atoms with Crippen LogP contribution in [0.4, 0.5) is 11.6 Å². The van der Waals surface area contributed by atoms with Gasteiger partial charge in [-0.3, -0.25) is 4.79 Å². The van der Waals surface area contributed by atoms with Crippen LogP contribution in [-0.4, -0.2) is 42.3 Å². The highest BCUT2D eigenvalue weighted by Crippen LogP contribution is 2.27. The minimum atomic E-state index is 0.102. The molecule has 1 aromatic carbocycles. The largest absolute Gasteiger partial charge is 0.399 e. The number of rotatable bonds is 8. The van der Waals surface area contributed by atoms with Gasteiger partial charge in [-0.2, -0.15) is 0 Å². The first-order valence-electron chi connectivity index (χ1n) is 10.8. The highest BCUT2D eigenvalue weighted by Gasteiger charge is 2.24. The molecular weight excluding hydrogens is 392 g/mol. The standard InChI is InChI=1S/C23H32N6O2/c1-16(2)19-6-4-18(5-7-19)13-25-21(30)12-17-8-10-29(11-9-17)23-20(14-28-31-3)22(24)26-15-27-23/h4-7,14-17H,8-13H2,1-3H3,(H,25,30)(H2,24,26,27)/b28-14+. The number of nitrogens with zero attached hydrogens (tertiary/aromatic N) is 4. The number of hydrogen-bond donors (Lipinski definition) is 2. The van der Waals surface area contributed by atoms with Gasteiger partial charge in [0.1, 0.15) is 25.1 Å². The van der Waals surface area contributed by atoms with E-state index >= 15 is 0 Å². The van der Waals surface area contributed by atoms with Gasteiger partial charge in [0.25, 0.3) is 0 Å². The van der Waals surface area contributed by atoms with Crippen LogP contribution in [0.25, 0.3) is 0 Å². The van der Waals surface area contributed by atoms with Crippen LogP contribution < -0.4 is 16.0 Å². The number of carbonyl (C=O) groups excluding carboxylic acids is 1. The van der Waals surface area contributed by atoms with Crippen molar-refractivity contribution in [3.8, 4) is 0 Å². The fourth-order valence-electron chi connectivity index (χ4n) is 3.78. The van der Waals surface area contributed by atoms with E-state index in [2.05, 4.69) is 63.5 Å². The predicted molar refractivity (Wildman–Crippen MR) is 123 cm³/mol. The number of nitrogens with one attached hydrogen (secondary N) is 1. The molecule has 1 aliphatic rings. The molecule has 8 heteroatoms. The third-order valence-corrected chi connectivity index (χ3v) is 5.71. The zero-order valence-electron chi connectivity index (χ0n) is 18.5. The summed E-state index contributed by atoms with van der Waals surface area (Å²) >= 11 is 0. The van der Waals surface area contributed by atoms with Crippen LogP contribution in [0.1, 0.15) is 55.7 Å². The number of nitrogen functional groups attached to an aromatic ring is 1. The monoisotopic (exact) mass is 424 g/mol. The molecular formula is C23H32N6O2. The maximum atomic E-state index is 12.4. The zero-order valence-corrected chi connectivity index (χ0v) is 18.5. The van der Waals surface area contributed by atoms with Crippen molar-refractivity contribution >= 4 is 23.8 Å². The Labute approximate surface area is 183 Å². The SMILES string of the molecule is CO/N=C/c1c(N)ncnc1N1CCC(CC(=O)NCc2ccc(C(C)C)cc2)CC1. The molecule has 0 saturated carbocycles. The Kier molecular flexibility index (Phi) is 7.81. The first-order valence-corrected chi connectivity index (χ1v) is 10.8. The number of oxime groups is 1. The van der Waals surface area contributed by atoms with E-state index in [1.807, 2.05) is 0 Å². The van der Waals surface area contributed by atoms with Crippen molar-refractivity contribution in [2.75, 3.05) is 30.8 Å². The summed E-state index contributed by atoms with van der Waals surface area (Å²) in [5, 5.41) is 6.86. The molecule has 3 rings (SSSR count). The van der Waals surface area contributed by atoms with Crippen LogP contribution in [0.3, 0.4) is 0 Å². The smallest absolute Gasteiger partial charge is 0.220 e. The summed E-state index contributed by atoms with van der Waals surface area (Å²) in [5.74, 6) is 2.09. The lowest BCUT2D eigenvalue weighted by Crippen LogP contribution is -2.37. The van der Waals surface area contributed by atoms with Crippen LogP contribution >= 0.6 is 0 Å². The second kappa shape index (κ2) is 10.7. The van der Waals surface area contributed by atoms with Crippen molar-refractivity contribution in [1.29, 1.82) is 0 Å². The third kappa shape index (κ3) is 6.16. The van der Waals surface area contributed by atoms with E-state index in [-0.39, 0.29) is 5.91 Å². The summed E-state index contributed by atoms with van der Waals surface area (Å²) in [6.07, 6.45) is 5.38. The molecule has 0 atom stereocenters. The Balaban J connectivity index is 1.48. The second-order valence-electron chi connectivity index (χ2n) is 8.22. The van der Waals surface area contributed by atoms with Crippen LogP contribution in [0.5, 0.6) is 0 Å². The van der Waals surface area contributed by atoms with Crippen molar-refractivity contribution < 1.29 is 9.63 Å². The fourth-order valence-corrected chi connectivity index (χ4v) is 3.78. The molecule has 0 radical (unpaired) electrons. The molecule has 1 saturated heterocycles. The maximum absolute atomic E-state index is 12.4. The van der Waals surface area contributed by atoms with Crippen LogP contribution in [0.2, 0.25) is 0 Å². The lowest BCUT2D eigenvalue weighted by atomic mass is 9.93. The van der Waals surface area contributed by atoms with Gasteiger partial charge in [-0.1, -0.05) is 43.3 Å².